The molecule has 7 fully saturated rings. The zero-order chi connectivity index (χ0) is 94.7. The van der Waals surface area contributed by atoms with Crippen molar-refractivity contribution in [3.8, 4) is 44.5 Å². The minimum atomic E-state index is -0.325. The summed E-state index contributed by atoms with van der Waals surface area (Å²) in [5.41, 5.74) is 18.1. The van der Waals surface area contributed by atoms with Gasteiger partial charge in [-0.15, -0.1) is 0 Å². The molecule has 0 radical (unpaired) electrons. The molecular formula is C104H107N29O6. The number of aromatic amines is 4. The van der Waals surface area contributed by atoms with E-state index in [4.69, 9.17) is 0 Å². The van der Waals surface area contributed by atoms with E-state index in [0.717, 1.165) is 204 Å². The Morgan fingerprint density at radius 3 is 0.957 bits per heavy atom. The maximum Gasteiger partial charge on any atom is 0.321 e. The minimum absolute atomic E-state index is 0.0381. The lowest BCUT2D eigenvalue weighted by Crippen LogP contribution is -2.36. The maximum atomic E-state index is 13.1. The Morgan fingerprint density at radius 2 is 0.626 bits per heavy atom. The van der Waals surface area contributed by atoms with Gasteiger partial charge in [0.05, 0.1) is 105 Å². The number of urea groups is 1. The first-order valence-corrected chi connectivity index (χ1v) is 47.7. The highest BCUT2D eigenvalue weighted by atomic mass is 16.2. The fourth-order valence-electron chi connectivity index (χ4n) is 18.2. The third-order valence-corrected chi connectivity index (χ3v) is 26.1. The van der Waals surface area contributed by atoms with Gasteiger partial charge >= 0.3 is 6.03 Å². The fourth-order valence-corrected chi connectivity index (χ4v) is 18.2. The van der Waals surface area contributed by atoms with E-state index in [0.29, 0.717) is 62.0 Å². The van der Waals surface area contributed by atoms with Crippen LogP contribution in [-0.4, -0.2) is 219 Å². The van der Waals surface area contributed by atoms with Crippen molar-refractivity contribution in [2.75, 3.05) is 149 Å². The van der Waals surface area contributed by atoms with Crippen LogP contribution in [0.25, 0.3) is 88.1 Å². The van der Waals surface area contributed by atoms with Crippen molar-refractivity contribution in [2.24, 2.45) is 5.92 Å². The van der Waals surface area contributed by atoms with Crippen molar-refractivity contribution in [1.82, 2.24) is 90.5 Å². The van der Waals surface area contributed by atoms with E-state index in [1.54, 1.807) is 63.7 Å². The summed E-state index contributed by atoms with van der Waals surface area (Å²) < 4.78 is 0. The first-order chi connectivity index (χ1) is 68.1. The van der Waals surface area contributed by atoms with E-state index in [1.165, 1.54) is 87.5 Å². The zero-order valence-electron chi connectivity index (χ0n) is 77.4. The topological polar surface area (TPSA) is 415 Å². The van der Waals surface area contributed by atoms with Gasteiger partial charge < -0.3 is 61.3 Å². The van der Waals surface area contributed by atoms with Crippen LogP contribution in [0.3, 0.4) is 0 Å². The molecular weight excluding hydrogens is 1750 g/mol. The second-order valence-electron chi connectivity index (χ2n) is 36.2. The number of nitrogens with one attached hydrogen (secondary N) is 10. The molecule has 35 heteroatoms. The van der Waals surface area contributed by atoms with Gasteiger partial charge in [-0.1, -0.05) is 24.3 Å². The number of pyridine rings is 8. The number of aromatic nitrogens is 16. The number of benzene rings is 4. The lowest BCUT2D eigenvalue weighted by molar-refractivity contribution is -0.117. The third kappa shape index (κ3) is 21.5. The molecule has 10 N–H and O–H groups in total. The van der Waals surface area contributed by atoms with Crippen molar-refractivity contribution in [3.63, 3.8) is 0 Å². The number of anilines is 11. The quantitative estimate of drug-likeness (QED) is 0.0301. The number of rotatable bonds is 22. The second kappa shape index (κ2) is 41.4. The SMILES string of the molecule is CN(C)C(=O)Nc1cncc(-c2ccc3[nH]nc(C(=O)Nc4ccc(N5CCCC5)nc4)c3c2)c1.O=C(Nc1ccc(N2CCCC2)nc1)c1n[nH]c2ccc(-c3cncc(CN4CCC4)c3)cc12.O=C(Nc1ccc(N2CCCC2)nc1)c1n[nH]c2ccc(-c3cncc(N4CCCCC4)c3)cc12.O=C(Nc1ccc(N2CCCC2)nc1)c1n[nH]c2ccc(-c3cncc(NC(=O)C4CC4)c3)cc12. The molecule has 0 bridgehead atoms. The van der Waals surface area contributed by atoms with E-state index in [2.05, 4.69) is 154 Å². The van der Waals surface area contributed by atoms with Crippen LogP contribution in [0.15, 0.2) is 220 Å². The molecule has 18 heterocycles. The predicted molar refractivity (Wildman–Crippen MR) is 542 cm³/mol. The Hall–Kier alpha value is -16.5. The van der Waals surface area contributed by atoms with Gasteiger partial charge in [-0.2, -0.15) is 20.4 Å². The number of H-pyrrole nitrogens is 4. The lowest BCUT2D eigenvalue weighted by atomic mass is 10.0. The van der Waals surface area contributed by atoms with Crippen LogP contribution in [-0.2, 0) is 11.3 Å². The Bertz CT molecular complexity index is 6920. The van der Waals surface area contributed by atoms with Crippen molar-refractivity contribution in [1.29, 1.82) is 0 Å². The number of hydrogen-bond donors (Lipinski definition) is 10. The molecule has 1 aliphatic carbocycles. The number of likely N-dealkylation sites (tertiary alicyclic amines) is 1. The molecule has 0 unspecified atom stereocenters. The monoisotopic (exact) mass is 1860 g/mol. The van der Waals surface area contributed by atoms with Crippen LogP contribution in [0.2, 0.25) is 0 Å². The lowest BCUT2D eigenvalue weighted by Gasteiger charge is -2.30. The van der Waals surface area contributed by atoms with Crippen LogP contribution in [0, 0.1) is 5.92 Å². The van der Waals surface area contributed by atoms with Crippen LogP contribution in [0.1, 0.15) is 137 Å². The average molecular weight is 1860 g/mol. The Labute approximate surface area is 801 Å². The minimum Gasteiger partial charge on any atom is -0.370 e. The average Bonchev–Trinajstić information content (AvgIpc) is 1.67. The fraction of sp³-hybridized carbons (Fsp3) is 0.288. The number of amides is 7. The summed E-state index contributed by atoms with van der Waals surface area (Å²) in [5, 5.41) is 49.3. The van der Waals surface area contributed by atoms with Crippen molar-refractivity contribution >= 4 is 142 Å². The standard InChI is InChI=1S/C27H29N7O.C26H25N7O2.C26H27N7O.C25H26N8O2/c35-27(30-21-7-9-25(29-17-21)34-12-4-5-13-34)26-23-15-19(6-8-24(23)31-32-26)20-14-22(18-28-16-20)33-10-2-1-3-11-33;34-25(16-3-4-16)30-20-11-18(13-27-14-20)17-5-7-22-21(12-17)24(32-31-22)26(35)29-19-6-8-23(28-15-19)33-9-1-2-10-33;34-26(29-21-5-7-24(28-16-21)33-10-1-2-11-33)25-22-13-19(4-6-23(22)30-31-25)20-12-18(14-27-15-20)17-32-8-3-9-32;1-32(2)25(35)29-19-11-17(13-26-14-19)16-5-7-21-20(12-16)23(31-30-21)24(34)28-18-6-8-22(27-15-18)33-9-3-4-10-33/h6-9,14-18H,1-5,10-13H2,(H,30,35)(H,31,32);5-8,11-16H,1-4,9-10H2,(H,29,35)(H,30,34)(H,31,32);4-7,12-16H,1-3,8-11,17H2,(H,29,34)(H,30,31);5-8,11-15H,3-4,9-10H2,1-2H3,(H,28,34)(H,29,35)(H,30,31). The normalized spacial score (nSPS) is 15.2. The molecule has 0 atom stereocenters. The van der Waals surface area contributed by atoms with Crippen LogP contribution < -0.4 is 56.4 Å². The Morgan fingerprint density at radius 1 is 0.302 bits per heavy atom. The van der Waals surface area contributed by atoms with Crippen molar-refractivity contribution < 1.29 is 28.8 Å². The summed E-state index contributed by atoms with van der Waals surface area (Å²) in [6, 6.07) is 46.6. The molecule has 23 rings (SSSR count). The highest BCUT2D eigenvalue weighted by Crippen LogP contribution is 2.37. The highest BCUT2D eigenvalue weighted by Gasteiger charge is 2.31. The summed E-state index contributed by atoms with van der Waals surface area (Å²) in [6.07, 6.45) is 37.5. The van der Waals surface area contributed by atoms with Crippen LogP contribution in [0.5, 0.6) is 0 Å². The maximum absolute atomic E-state index is 13.1. The van der Waals surface area contributed by atoms with E-state index >= 15 is 0 Å². The number of carbonyl (C=O) groups excluding carboxylic acids is 6. The number of carbonyl (C=O) groups is 6. The van der Waals surface area contributed by atoms with E-state index in [1.807, 2.05) is 158 Å². The van der Waals surface area contributed by atoms with E-state index < -0.39 is 0 Å². The highest BCUT2D eigenvalue weighted by molar-refractivity contribution is 6.15. The van der Waals surface area contributed by atoms with Crippen molar-refractivity contribution in [2.45, 2.75) is 96.4 Å². The summed E-state index contributed by atoms with van der Waals surface area (Å²) >= 11 is 0. The zero-order valence-corrected chi connectivity index (χ0v) is 77.4. The summed E-state index contributed by atoms with van der Waals surface area (Å²) in [4.78, 5) is 127. The molecule has 16 aromatic rings. The third-order valence-electron chi connectivity index (χ3n) is 26.1. The van der Waals surface area contributed by atoms with Gasteiger partial charge in [0, 0.05) is 167 Å². The van der Waals surface area contributed by atoms with Crippen molar-refractivity contribution in [3.05, 3.63) is 248 Å². The van der Waals surface area contributed by atoms with Gasteiger partial charge in [0.2, 0.25) is 5.91 Å². The summed E-state index contributed by atoms with van der Waals surface area (Å²) in [6.45, 7) is 13.6. The Kier molecular flexibility index (Phi) is 26.9. The van der Waals surface area contributed by atoms with Crippen LogP contribution in [0.4, 0.5) is 67.9 Å². The first kappa shape index (κ1) is 90.4. The van der Waals surface area contributed by atoms with Gasteiger partial charge in [0.25, 0.3) is 23.6 Å². The van der Waals surface area contributed by atoms with Gasteiger partial charge in [-0.3, -0.25) is 69.2 Å². The van der Waals surface area contributed by atoms with Gasteiger partial charge in [0.15, 0.2) is 22.8 Å². The molecule has 6 aliphatic heterocycles. The summed E-state index contributed by atoms with van der Waals surface area (Å²) in [7, 11) is 3.34. The molecule has 0 spiro atoms. The second-order valence-corrected chi connectivity index (χ2v) is 36.2. The van der Waals surface area contributed by atoms with E-state index in [9.17, 15) is 28.8 Å². The molecule has 7 amide bonds. The van der Waals surface area contributed by atoms with Crippen LogP contribution >= 0.6 is 0 Å². The molecule has 139 heavy (non-hydrogen) atoms. The van der Waals surface area contributed by atoms with E-state index in [-0.39, 0.29) is 47.2 Å². The number of fused-ring (bicyclic) bond motifs is 4. The largest absolute Gasteiger partial charge is 0.370 e. The molecule has 6 saturated heterocycles. The number of piperidine rings is 1. The molecule has 1 saturated carbocycles. The van der Waals surface area contributed by atoms with Gasteiger partial charge in [-0.05, 0) is 252 Å². The smallest absolute Gasteiger partial charge is 0.321 e. The van der Waals surface area contributed by atoms with Gasteiger partial charge in [-0.25, -0.2) is 24.7 Å². The number of nitrogens with zero attached hydrogens (tertiary/aromatic N) is 19. The number of hydrogen-bond acceptors (Lipinski definition) is 24. The predicted octanol–water partition coefficient (Wildman–Crippen LogP) is 17.1. The molecule has 12 aromatic heterocycles. The molecule has 7 aliphatic rings. The Balaban J connectivity index is 0.000000114. The van der Waals surface area contributed by atoms with Gasteiger partial charge in [0.1, 0.15) is 23.3 Å². The molecule has 35 nitrogen and oxygen atoms in total. The molecule has 704 valence electrons. The first-order valence-electron chi connectivity index (χ1n) is 47.7. The molecule has 4 aromatic carbocycles. The summed E-state index contributed by atoms with van der Waals surface area (Å²) in [5.74, 6) is 2.76.